The third-order valence-electron chi connectivity index (χ3n) is 5.95. The Balaban J connectivity index is 1.66. The molecule has 166 valence electrons. The molecule has 32 heavy (non-hydrogen) atoms. The molecule has 0 saturated carbocycles. The van der Waals surface area contributed by atoms with Gasteiger partial charge >= 0.3 is 0 Å². The number of hydrogen-bond acceptors (Lipinski definition) is 8. The lowest BCUT2D eigenvalue weighted by Crippen LogP contribution is -2.54. The number of nitro groups is 1. The minimum absolute atomic E-state index is 0.110. The van der Waals surface area contributed by atoms with Gasteiger partial charge in [0.25, 0.3) is 5.54 Å². The summed E-state index contributed by atoms with van der Waals surface area (Å²) in [6, 6.07) is 8.02. The quantitative estimate of drug-likeness (QED) is 0.398. The molecule has 2 unspecified atom stereocenters. The van der Waals surface area contributed by atoms with E-state index in [2.05, 4.69) is 35.2 Å². The Bertz CT molecular complexity index is 1260. The highest BCUT2D eigenvalue weighted by Crippen LogP contribution is 2.28. The fraction of sp³-hybridized carbons (Fsp3) is 0.318. The average molecular weight is 435 g/mol. The number of dihydropyridines is 1. The van der Waals surface area contributed by atoms with Gasteiger partial charge in [0, 0.05) is 35.7 Å². The first kappa shape index (κ1) is 21.4. The maximum Gasteiger partial charge on any atom is 0.277 e. The number of imidazole rings is 1. The molecular weight excluding hydrogens is 408 g/mol. The van der Waals surface area contributed by atoms with Gasteiger partial charge in [-0.1, -0.05) is 18.2 Å². The van der Waals surface area contributed by atoms with Gasteiger partial charge in [0.2, 0.25) is 5.95 Å². The zero-order valence-electron chi connectivity index (χ0n) is 18.2. The Morgan fingerprint density at radius 3 is 2.78 bits per heavy atom. The van der Waals surface area contributed by atoms with E-state index >= 15 is 0 Å². The fourth-order valence-corrected chi connectivity index (χ4v) is 3.91. The highest BCUT2D eigenvalue weighted by molar-refractivity contribution is 5.92. The van der Waals surface area contributed by atoms with E-state index in [4.69, 9.17) is 16.5 Å². The molecule has 0 saturated heterocycles. The zero-order chi connectivity index (χ0) is 23.0. The molecule has 3 aromatic rings. The van der Waals surface area contributed by atoms with Crippen molar-refractivity contribution in [2.75, 3.05) is 11.9 Å². The molecule has 10 nitrogen and oxygen atoms in total. The van der Waals surface area contributed by atoms with Crippen LogP contribution < -0.4 is 16.8 Å². The average Bonchev–Trinajstić information content (AvgIpc) is 3.12. The lowest BCUT2D eigenvalue weighted by Gasteiger charge is -2.28. The maximum absolute atomic E-state index is 11.9. The molecular formula is C22H26N8O2. The topological polar surface area (TPSA) is 150 Å². The number of aromatic nitrogens is 3. The van der Waals surface area contributed by atoms with Crippen LogP contribution in [0, 0.1) is 30.9 Å². The summed E-state index contributed by atoms with van der Waals surface area (Å²) in [5, 5.41) is 15.1. The molecule has 0 fully saturated rings. The van der Waals surface area contributed by atoms with Crippen molar-refractivity contribution in [1.82, 2.24) is 14.4 Å². The van der Waals surface area contributed by atoms with Crippen molar-refractivity contribution in [3.63, 3.8) is 0 Å². The predicted octanol–water partition coefficient (Wildman–Crippen LogP) is 2.35. The van der Waals surface area contributed by atoms with Gasteiger partial charge in [-0.3, -0.25) is 14.5 Å². The van der Waals surface area contributed by atoms with Gasteiger partial charge in [-0.25, -0.2) is 15.0 Å². The van der Waals surface area contributed by atoms with E-state index in [1.165, 1.54) is 17.7 Å². The van der Waals surface area contributed by atoms with Crippen LogP contribution in [0.3, 0.4) is 0 Å². The summed E-state index contributed by atoms with van der Waals surface area (Å²) in [6.07, 6.45) is 3.78. The molecule has 5 N–H and O–H groups in total. The van der Waals surface area contributed by atoms with Crippen molar-refractivity contribution in [2.45, 2.75) is 38.9 Å². The third-order valence-corrected chi connectivity index (χ3v) is 5.95. The number of rotatable bonds is 6. The maximum atomic E-state index is 11.9. The van der Waals surface area contributed by atoms with Crippen LogP contribution in [-0.2, 0) is 0 Å². The van der Waals surface area contributed by atoms with Gasteiger partial charge in [0.05, 0.1) is 11.4 Å². The number of nitrogens with zero attached hydrogens (tertiary/aromatic N) is 5. The first-order valence-electron chi connectivity index (χ1n) is 10.3. The monoisotopic (exact) mass is 434 g/mol. The number of anilines is 1. The molecule has 10 heteroatoms. The second-order valence-electron chi connectivity index (χ2n) is 8.08. The zero-order valence-corrected chi connectivity index (χ0v) is 18.2. The van der Waals surface area contributed by atoms with Crippen LogP contribution in [-0.4, -0.2) is 43.4 Å². The summed E-state index contributed by atoms with van der Waals surface area (Å²) in [6.45, 7) is 6.28. The predicted molar refractivity (Wildman–Crippen MR) is 124 cm³/mol. The van der Waals surface area contributed by atoms with Crippen molar-refractivity contribution in [3.8, 4) is 11.3 Å². The molecule has 0 spiro atoms. The molecule has 2 atom stereocenters. The smallest absolute Gasteiger partial charge is 0.277 e. The van der Waals surface area contributed by atoms with Gasteiger partial charge in [-0.05, 0) is 44.1 Å². The number of fused-ring (bicyclic) bond motifs is 1. The molecule has 0 amide bonds. The molecule has 1 aromatic carbocycles. The van der Waals surface area contributed by atoms with Crippen molar-refractivity contribution < 1.29 is 4.92 Å². The fourth-order valence-electron chi connectivity index (χ4n) is 3.91. The Morgan fingerprint density at radius 1 is 1.28 bits per heavy atom. The first-order valence-corrected chi connectivity index (χ1v) is 10.3. The summed E-state index contributed by atoms with van der Waals surface area (Å²) >= 11 is 0. The summed E-state index contributed by atoms with van der Waals surface area (Å²) in [5.74, 6) is 0.732. The Morgan fingerprint density at radius 2 is 2.06 bits per heavy atom. The third kappa shape index (κ3) is 3.69. The van der Waals surface area contributed by atoms with E-state index in [0.29, 0.717) is 5.95 Å². The number of nitrogens with one attached hydrogen (secondary N) is 1. The van der Waals surface area contributed by atoms with E-state index in [9.17, 15) is 10.1 Å². The first-order chi connectivity index (χ1) is 15.2. The van der Waals surface area contributed by atoms with Crippen molar-refractivity contribution >= 4 is 17.4 Å². The van der Waals surface area contributed by atoms with Crippen molar-refractivity contribution in [3.05, 3.63) is 69.5 Å². The minimum Gasteiger partial charge on any atom is -0.384 e. The molecule has 0 aliphatic carbocycles. The summed E-state index contributed by atoms with van der Waals surface area (Å²) in [4.78, 5) is 24.9. The largest absolute Gasteiger partial charge is 0.384 e. The molecule has 1 aliphatic heterocycles. The standard InChI is InChI=1S/C22H26N8O2/c1-13-5-4-6-16(15(13)3)17-11-19-26-14(2)12-29(19)21(27-17)25-10-9-22(30(31)32)8-7-18(23)28-20(22)24/h4-8,11-12,20H,9-10,24H2,1-3H3,(H2,23,28)(H,25,27). The van der Waals surface area contributed by atoms with E-state index in [0.717, 1.165) is 28.2 Å². The van der Waals surface area contributed by atoms with E-state index in [1.54, 1.807) is 0 Å². The van der Waals surface area contributed by atoms with E-state index < -0.39 is 16.6 Å². The van der Waals surface area contributed by atoms with E-state index in [-0.39, 0.29) is 18.8 Å². The molecule has 1 aliphatic rings. The SMILES string of the molecule is Cc1cn2c(NCCC3([N+](=O)[O-])C=CC(N)=NC3N)nc(-c3cccc(C)c3C)cc2n1. The second-order valence-corrected chi connectivity index (χ2v) is 8.08. The number of amidine groups is 1. The molecule has 0 bridgehead atoms. The summed E-state index contributed by atoms with van der Waals surface area (Å²) < 4.78 is 1.84. The van der Waals surface area contributed by atoms with Crippen molar-refractivity contribution in [1.29, 1.82) is 0 Å². The number of nitrogens with two attached hydrogens (primary N) is 2. The minimum atomic E-state index is -1.54. The summed E-state index contributed by atoms with van der Waals surface area (Å²) in [7, 11) is 0. The number of aryl methyl sites for hydroxylation is 2. The highest BCUT2D eigenvalue weighted by atomic mass is 16.6. The van der Waals surface area contributed by atoms with Crippen LogP contribution in [0.15, 0.2) is 47.6 Å². The lowest BCUT2D eigenvalue weighted by atomic mass is 9.90. The number of aliphatic imine (C=N–C) groups is 1. The number of benzene rings is 1. The molecule has 3 heterocycles. The van der Waals surface area contributed by atoms with Gasteiger partial charge in [-0.15, -0.1) is 0 Å². The van der Waals surface area contributed by atoms with Crippen LogP contribution in [0.25, 0.3) is 16.9 Å². The lowest BCUT2D eigenvalue weighted by molar-refractivity contribution is -0.559. The van der Waals surface area contributed by atoms with Crippen LogP contribution in [0.2, 0.25) is 0 Å². The Labute approximate surface area is 185 Å². The normalized spacial score (nSPS) is 20.4. The Kier molecular flexibility index (Phi) is 5.39. The van der Waals surface area contributed by atoms with Gasteiger partial charge < -0.3 is 16.8 Å². The second kappa shape index (κ2) is 8.04. The molecule has 4 rings (SSSR count). The van der Waals surface area contributed by atoms with E-state index in [1.807, 2.05) is 35.7 Å². The van der Waals surface area contributed by atoms with Gasteiger partial charge in [-0.2, -0.15) is 0 Å². The Hall–Kier alpha value is -3.79. The van der Waals surface area contributed by atoms with Crippen molar-refractivity contribution in [2.24, 2.45) is 16.5 Å². The van der Waals surface area contributed by atoms with Crippen LogP contribution in [0.5, 0.6) is 0 Å². The number of hydrogen-bond donors (Lipinski definition) is 3. The molecule has 0 radical (unpaired) electrons. The van der Waals surface area contributed by atoms with Crippen LogP contribution in [0.4, 0.5) is 5.95 Å². The highest BCUT2D eigenvalue weighted by Gasteiger charge is 2.48. The van der Waals surface area contributed by atoms with Gasteiger partial charge in [0.1, 0.15) is 11.5 Å². The molecule has 2 aromatic heterocycles. The summed E-state index contributed by atoms with van der Waals surface area (Å²) in [5.41, 5.74) is 15.8. The van der Waals surface area contributed by atoms with Crippen LogP contribution in [0.1, 0.15) is 23.2 Å². The van der Waals surface area contributed by atoms with Gasteiger partial charge in [0.15, 0.2) is 6.17 Å². The van der Waals surface area contributed by atoms with Crippen LogP contribution >= 0.6 is 0 Å².